The molecule has 5 atom stereocenters. The standard InChI is InChI=1S/C29H23NO6/c1-3-8-16-11-12-17-18(13-16)27(35)23-20(32)14-19-25(24(23)26(17)34)30-21-9-6-4-5-7-10-22(33)29(19)28(21,36-29)15(2)31/h4-5,11-15,21-22,30-33H,3,8H2,1-2H3/b5-4-/t15-,21+,22-,28+,29+/m1/s1. The molecule has 7 heteroatoms. The number of epoxide rings is 1. The number of carbonyl (C=O) groups excluding carboxylic acids is 2. The fourth-order valence-corrected chi connectivity index (χ4v) is 5.93. The van der Waals surface area contributed by atoms with Gasteiger partial charge in [-0.25, -0.2) is 0 Å². The molecule has 0 radical (unpaired) electrons. The van der Waals surface area contributed by atoms with E-state index >= 15 is 0 Å². The molecule has 2 aliphatic heterocycles. The second-order valence-electron chi connectivity index (χ2n) is 9.55. The lowest BCUT2D eigenvalue weighted by Crippen LogP contribution is -2.54. The van der Waals surface area contributed by atoms with Gasteiger partial charge in [0, 0.05) is 16.7 Å². The van der Waals surface area contributed by atoms with Crippen molar-refractivity contribution < 1.29 is 29.6 Å². The number of allylic oxidation sites excluding steroid dienone is 2. The fraction of sp³-hybridized carbons (Fsp3) is 0.310. The van der Waals surface area contributed by atoms with E-state index in [1.54, 1.807) is 12.1 Å². The van der Waals surface area contributed by atoms with E-state index in [9.17, 15) is 24.9 Å². The zero-order chi connectivity index (χ0) is 25.4. The smallest absolute Gasteiger partial charge is 0.198 e. The molecule has 0 spiro atoms. The van der Waals surface area contributed by atoms with Gasteiger partial charge in [-0.1, -0.05) is 49.2 Å². The number of aliphatic hydroxyl groups is 2. The molecule has 0 saturated carbocycles. The number of aliphatic hydroxyl groups excluding tert-OH is 2. The van der Waals surface area contributed by atoms with Gasteiger partial charge in [-0.2, -0.15) is 0 Å². The number of ether oxygens (including phenoxy) is 1. The number of phenols is 1. The molecule has 4 N–H and O–H groups in total. The first-order valence-electron chi connectivity index (χ1n) is 11.9. The molecular formula is C29H23NO6. The third kappa shape index (κ3) is 2.65. The van der Waals surface area contributed by atoms with Gasteiger partial charge in [0.05, 0.1) is 22.9 Å². The van der Waals surface area contributed by atoms with E-state index in [1.165, 1.54) is 25.1 Å². The molecule has 36 heavy (non-hydrogen) atoms. The molecular weight excluding hydrogens is 458 g/mol. The minimum atomic E-state index is -1.57. The lowest BCUT2D eigenvalue weighted by Gasteiger charge is -2.37. The average molecular weight is 482 g/mol. The first-order valence-corrected chi connectivity index (χ1v) is 11.9. The van der Waals surface area contributed by atoms with E-state index in [0.717, 1.165) is 18.4 Å². The lowest BCUT2D eigenvalue weighted by atomic mass is 9.69. The highest BCUT2D eigenvalue weighted by Crippen LogP contribution is 2.67. The second kappa shape index (κ2) is 7.56. The highest BCUT2D eigenvalue weighted by atomic mass is 16.7. The topological polar surface area (TPSA) is 119 Å². The first-order chi connectivity index (χ1) is 17.3. The SMILES string of the molecule is CCCc1ccc2c(c1)C(=O)c1c(O)cc3c(c1C2=O)N[C@H]1C#C/C=C\C#C[C@@H](O)[C@@]32O[C@@]12[C@@H](C)O. The van der Waals surface area contributed by atoms with Gasteiger partial charge in [0.25, 0.3) is 0 Å². The summed E-state index contributed by atoms with van der Waals surface area (Å²) in [5.41, 5.74) is -1.15. The Kier molecular flexibility index (Phi) is 4.74. The fourth-order valence-electron chi connectivity index (χ4n) is 5.93. The van der Waals surface area contributed by atoms with Gasteiger partial charge in [-0.15, -0.1) is 0 Å². The highest BCUT2D eigenvalue weighted by Gasteiger charge is 2.82. The van der Waals surface area contributed by atoms with E-state index in [2.05, 4.69) is 29.0 Å². The number of anilines is 1. The summed E-state index contributed by atoms with van der Waals surface area (Å²) in [5, 5.41) is 36.3. The van der Waals surface area contributed by atoms with Gasteiger partial charge in [0.1, 0.15) is 11.8 Å². The predicted octanol–water partition coefficient (Wildman–Crippen LogP) is 2.20. The van der Waals surface area contributed by atoms with E-state index in [1.807, 2.05) is 13.0 Å². The van der Waals surface area contributed by atoms with Crippen LogP contribution in [-0.2, 0) is 16.8 Å². The number of benzene rings is 2. The summed E-state index contributed by atoms with van der Waals surface area (Å²) >= 11 is 0. The van der Waals surface area contributed by atoms with Crippen molar-refractivity contribution in [3.8, 4) is 29.4 Å². The summed E-state index contributed by atoms with van der Waals surface area (Å²) < 4.78 is 6.17. The van der Waals surface area contributed by atoms with E-state index in [-0.39, 0.29) is 33.5 Å². The van der Waals surface area contributed by atoms with Gasteiger partial charge in [0.15, 0.2) is 28.9 Å². The largest absolute Gasteiger partial charge is 0.507 e. The Bertz CT molecular complexity index is 1530. The second-order valence-corrected chi connectivity index (χ2v) is 9.55. The molecule has 0 amide bonds. The number of hydrogen-bond acceptors (Lipinski definition) is 7. The van der Waals surface area contributed by atoms with Gasteiger partial charge < -0.3 is 25.4 Å². The van der Waals surface area contributed by atoms with Crippen LogP contribution in [0.5, 0.6) is 5.75 Å². The third-order valence-electron chi connectivity index (χ3n) is 7.56. The van der Waals surface area contributed by atoms with Gasteiger partial charge >= 0.3 is 0 Å². The van der Waals surface area contributed by atoms with Crippen molar-refractivity contribution >= 4 is 17.3 Å². The number of rotatable bonds is 3. The van der Waals surface area contributed by atoms with Gasteiger partial charge in [-0.05, 0) is 43.2 Å². The van der Waals surface area contributed by atoms with Crippen LogP contribution in [0.25, 0.3) is 0 Å². The van der Waals surface area contributed by atoms with Gasteiger partial charge in [-0.3, -0.25) is 9.59 Å². The monoisotopic (exact) mass is 481 g/mol. The number of aromatic hydroxyl groups is 1. The molecule has 2 aliphatic carbocycles. The molecule has 1 fully saturated rings. The van der Waals surface area contributed by atoms with Crippen molar-refractivity contribution in [2.75, 3.05) is 5.32 Å². The van der Waals surface area contributed by atoms with Crippen molar-refractivity contribution in [2.45, 2.75) is 56.1 Å². The predicted molar refractivity (Wildman–Crippen MR) is 131 cm³/mol. The molecule has 4 aliphatic rings. The van der Waals surface area contributed by atoms with E-state index in [0.29, 0.717) is 0 Å². The molecule has 1 saturated heterocycles. The van der Waals surface area contributed by atoms with Crippen LogP contribution in [0.1, 0.15) is 63.2 Å². The maximum Gasteiger partial charge on any atom is 0.198 e. The number of ketones is 2. The van der Waals surface area contributed by atoms with Crippen LogP contribution in [0, 0.1) is 23.7 Å². The van der Waals surface area contributed by atoms with Crippen LogP contribution in [0.2, 0.25) is 0 Å². The van der Waals surface area contributed by atoms with Crippen molar-refractivity contribution in [2.24, 2.45) is 0 Å². The maximum atomic E-state index is 13.8. The van der Waals surface area contributed by atoms with E-state index < -0.39 is 46.8 Å². The summed E-state index contributed by atoms with van der Waals surface area (Å²) in [6.07, 6.45) is 2.16. The summed E-state index contributed by atoms with van der Waals surface area (Å²) in [6, 6.07) is 5.68. The molecule has 6 rings (SSSR count). The minimum Gasteiger partial charge on any atom is -0.507 e. The van der Waals surface area contributed by atoms with Crippen LogP contribution in [0.4, 0.5) is 5.69 Å². The number of nitrogens with one attached hydrogen (secondary N) is 1. The number of carbonyl (C=O) groups is 2. The summed E-state index contributed by atoms with van der Waals surface area (Å²) in [4.78, 5) is 27.4. The summed E-state index contributed by atoms with van der Waals surface area (Å²) in [6.45, 7) is 3.56. The number of hydrogen-bond donors (Lipinski definition) is 4. The Morgan fingerprint density at radius 3 is 2.53 bits per heavy atom. The Labute approximate surface area is 207 Å². The van der Waals surface area contributed by atoms with E-state index in [4.69, 9.17) is 4.74 Å². The Morgan fingerprint density at radius 2 is 1.81 bits per heavy atom. The molecule has 0 unspecified atom stereocenters. The number of fused-ring (bicyclic) bond motifs is 4. The van der Waals surface area contributed by atoms with Crippen LogP contribution in [0.15, 0.2) is 36.4 Å². The average Bonchev–Trinajstić information content (AvgIpc) is 3.58. The molecule has 2 heterocycles. The lowest BCUT2D eigenvalue weighted by molar-refractivity contribution is 0.0867. The molecule has 7 nitrogen and oxygen atoms in total. The molecule has 2 bridgehead atoms. The number of aryl methyl sites for hydroxylation is 1. The molecule has 0 aromatic heterocycles. The van der Waals surface area contributed by atoms with Gasteiger partial charge in [0.2, 0.25) is 0 Å². The first kappa shape index (κ1) is 22.6. The van der Waals surface area contributed by atoms with Crippen molar-refractivity contribution in [3.63, 3.8) is 0 Å². The zero-order valence-electron chi connectivity index (χ0n) is 19.7. The molecule has 2 aromatic rings. The number of phenolic OH excluding ortho intramolecular Hbond substituents is 1. The zero-order valence-corrected chi connectivity index (χ0v) is 19.7. The van der Waals surface area contributed by atoms with Crippen molar-refractivity contribution in [3.05, 3.63) is 69.8 Å². The third-order valence-corrected chi connectivity index (χ3v) is 7.56. The minimum absolute atomic E-state index is 0.000583. The Morgan fingerprint density at radius 1 is 1.08 bits per heavy atom. The Hall–Kier alpha value is -3.88. The van der Waals surface area contributed by atoms with Crippen molar-refractivity contribution in [1.82, 2.24) is 0 Å². The van der Waals surface area contributed by atoms with Crippen LogP contribution in [-0.4, -0.2) is 50.7 Å². The normalized spacial score (nSPS) is 30.0. The quantitative estimate of drug-likeness (QED) is 0.257. The summed E-state index contributed by atoms with van der Waals surface area (Å²) in [5.74, 6) is 10.0. The van der Waals surface area contributed by atoms with Crippen molar-refractivity contribution in [1.29, 1.82) is 0 Å². The molecule has 180 valence electrons. The highest BCUT2D eigenvalue weighted by molar-refractivity contribution is 6.31. The molecule has 2 aromatic carbocycles. The van der Waals surface area contributed by atoms with Crippen LogP contribution in [0.3, 0.4) is 0 Å². The summed E-state index contributed by atoms with van der Waals surface area (Å²) in [7, 11) is 0. The Balaban J connectivity index is 1.63. The van der Waals surface area contributed by atoms with Crippen LogP contribution < -0.4 is 5.32 Å². The maximum absolute atomic E-state index is 13.8. The van der Waals surface area contributed by atoms with Crippen LogP contribution >= 0.6 is 0 Å².